The number of aromatic amines is 1. The van der Waals surface area contributed by atoms with Gasteiger partial charge < -0.3 is 16.4 Å². The lowest BCUT2D eigenvalue weighted by Gasteiger charge is -2.04. The van der Waals surface area contributed by atoms with Crippen LogP contribution < -0.4 is 16.4 Å². The van der Waals surface area contributed by atoms with E-state index in [1.54, 1.807) is 7.05 Å². The minimum atomic E-state index is -0.375. The Kier molecular flexibility index (Phi) is 4.70. The van der Waals surface area contributed by atoms with Gasteiger partial charge in [0.1, 0.15) is 0 Å². The van der Waals surface area contributed by atoms with E-state index in [1.165, 1.54) is 0 Å². The number of aromatic nitrogens is 2. The predicted octanol–water partition coefficient (Wildman–Crippen LogP) is -0.0188. The van der Waals surface area contributed by atoms with Crippen LogP contribution in [-0.2, 0) is 4.79 Å². The molecular formula is C11H19N5O2. The second-order valence-electron chi connectivity index (χ2n) is 4.23. The third-order valence-corrected chi connectivity index (χ3v) is 2.54. The Balaban J connectivity index is 2.60. The summed E-state index contributed by atoms with van der Waals surface area (Å²) in [5.74, 6) is -0.336. The molecule has 0 saturated carbocycles. The summed E-state index contributed by atoms with van der Waals surface area (Å²) in [6, 6.07) is 0. The van der Waals surface area contributed by atoms with Crippen molar-refractivity contribution in [2.24, 2.45) is 0 Å². The molecule has 0 saturated heterocycles. The van der Waals surface area contributed by atoms with E-state index in [2.05, 4.69) is 20.8 Å². The molecule has 0 aromatic carbocycles. The van der Waals surface area contributed by atoms with E-state index in [0.29, 0.717) is 5.69 Å². The van der Waals surface area contributed by atoms with Gasteiger partial charge in [-0.3, -0.25) is 14.7 Å². The molecule has 18 heavy (non-hydrogen) atoms. The fraction of sp³-hybridized carbons (Fsp3) is 0.545. The first-order chi connectivity index (χ1) is 8.47. The van der Waals surface area contributed by atoms with Gasteiger partial charge in [-0.15, -0.1) is 0 Å². The summed E-state index contributed by atoms with van der Waals surface area (Å²) in [6.45, 7) is 4.16. The van der Waals surface area contributed by atoms with Crippen molar-refractivity contribution in [1.29, 1.82) is 0 Å². The van der Waals surface area contributed by atoms with Gasteiger partial charge >= 0.3 is 0 Å². The summed E-state index contributed by atoms with van der Waals surface area (Å²) >= 11 is 0. The second kappa shape index (κ2) is 6.04. The zero-order valence-corrected chi connectivity index (χ0v) is 10.8. The minimum Gasteiger partial charge on any atom is -0.395 e. The SMILES string of the molecule is CNC(=O)CCNC(=O)c1n[nH]c(C(C)C)c1N. The van der Waals surface area contributed by atoms with Crippen molar-refractivity contribution in [3.05, 3.63) is 11.4 Å². The van der Waals surface area contributed by atoms with E-state index in [4.69, 9.17) is 5.73 Å². The standard InChI is InChI=1S/C11H19N5O2/c1-6(2)9-8(12)10(16-15-9)11(18)14-5-4-7(17)13-3/h6H,4-5,12H2,1-3H3,(H,13,17)(H,14,18)(H,15,16). The minimum absolute atomic E-state index is 0.131. The Morgan fingerprint density at radius 3 is 2.61 bits per heavy atom. The number of hydrogen-bond donors (Lipinski definition) is 4. The van der Waals surface area contributed by atoms with Gasteiger partial charge in [0, 0.05) is 20.0 Å². The van der Waals surface area contributed by atoms with Crippen molar-refractivity contribution in [3.8, 4) is 0 Å². The lowest BCUT2D eigenvalue weighted by molar-refractivity contribution is -0.120. The number of hydrogen-bond acceptors (Lipinski definition) is 4. The maximum atomic E-state index is 11.8. The predicted molar refractivity (Wildman–Crippen MR) is 68.1 cm³/mol. The number of nitrogen functional groups attached to an aromatic ring is 1. The molecule has 1 heterocycles. The number of carbonyl (C=O) groups is 2. The summed E-state index contributed by atoms with van der Waals surface area (Å²) in [5.41, 5.74) is 7.11. The molecule has 0 unspecified atom stereocenters. The van der Waals surface area contributed by atoms with Crippen molar-refractivity contribution < 1.29 is 9.59 Å². The maximum Gasteiger partial charge on any atom is 0.273 e. The summed E-state index contributed by atoms with van der Waals surface area (Å²) in [5, 5.41) is 11.7. The molecule has 1 rings (SSSR count). The highest BCUT2D eigenvalue weighted by Gasteiger charge is 2.18. The van der Waals surface area contributed by atoms with Crippen molar-refractivity contribution in [2.75, 3.05) is 19.3 Å². The monoisotopic (exact) mass is 253 g/mol. The molecule has 0 atom stereocenters. The van der Waals surface area contributed by atoms with Gasteiger partial charge in [-0.1, -0.05) is 13.8 Å². The Hall–Kier alpha value is -2.05. The van der Waals surface area contributed by atoms with Crippen molar-refractivity contribution in [1.82, 2.24) is 20.8 Å². The van der Waals surface area contributed by atoms with Crippen LogP contribution >= 0.6 is 0 Å². The quantitative estimate of drug-likeness (QED) is 0.590. The Bertz CT molecular complexity index is 439. The Labute approximate surface area is 106 Å². The van der Waals surface area contributed by atoms with Gasteiger partial charge in [0.2, 0.25) is 5.91 Å². The maximum absolute atomic E-state index is 11.8. The highest BCUT2D eigenvalue weighted by Crippen LogP contribution is 2.21. The Morgan fingerprint density at radius 2 is 2.11 bits per heavy atom. The first kappa shape index (κ1) is 14.0. The highest BCUT2D eigenvalue weighted by molar-refractivity contribution is 5.97. The van der Waals surface area contributed by atoms with Gasteiger partial charge in [0.05, 0.1) is 11.4 Å². The van der Waals surface area contributed by atoms with E-state index in [9.17, 15) is 9.59 Å². The van der Waals surface area contributed by atoms with E-state index < -0.39 is 0 Å². The molecule has 0 fully saturated rings. The second-order valence-corrected chi connectivity index (χ2v) is 4.23. The number of anilines is 1. The molecule has 0 radical (unpaired) electrons. The van der Waals surface area contributed by atoms with Crippen LogP contribution in [0.4, 0.5) is 5.69 Å². The molecule has 5 N–H and O–H groups in total. The van der Waals surface area contributed by atoms with E-state index in [1.807, 2.05) is 13.8 Å². The molecule has 0 bridgehead atoms. The highest BCUT2D eigenvalue weighted by atomic mass is 16.2. The molecule has 2 amide bonds. The number of rotatable bonds is 5. The van der Waals surface area contributed by atoms with Crippen molar-refractivity contribution in [3.63, 3.8) is 0 Å². The first-order valence-electron chi connectivity index (χ1n) is 5.79. The van der Waals surface area contributed by atoms with E-state index >= 15 is 0 Å². The van der Waals surface area contributed by atoms with Crippen LogP contribution in [0.3, 0.4) is 0 Å². The smallest absolute Gasteiger partial charge is 0.273 e. The molecule has 0 aliphatic heterocycles. The lowest BCUT2D eigenvalue weighted by Crippen LogP contribution is -2.29. The van der Waals surface area contributed by atoms with Gasteiger partial charge in [0.25, 0.3) is 5.91 Å². The van der Waals surface area contributed by atoms with Crippen LogP contribution in [0.5, 0.6) is 0 Å². The van der Waals surface area contributed by atoms with Crippen molar-refractivity contribution >= 4 is 17.5 Å². The largest absolute Gasteiger partial charge is 0.395 e. The molecule has 100 valence electrons. The number of H-pyrrole nitrogens is 1. The molecular weight excluding hydrogens is 234 g/mol. The van der Waals surface area contributed by atoms with E-state index in [-0.39, 0.29) is 36.4 Å². The third-order valence-electron chi connectivity index (χ3n) is 2.54. The molecule has 0 aliphatic rings. The number of nitrogens with zero attached hydrogens (tertiary/aromatic N) is 1. The molecule has 7 heteroatoms. The van der Waals surface area contributed by atoms with Crippen molar-refractivity contribution in [2.45, 2.75) is 26.2 Å². The van der Waals surface area contributed by atoms with Crippen LogP contribution in [0.25, 0.3) is 0 Å². The summed E-state index contributed by atoms with van der Waals surface area (Å²) < 4.78 is 0. The fourth-order valence-corrected chi connectivity index (χ4v) is 1.48. The van der Waals surface area contributed by atoms with Gasteiger partial charge in [-0.05, 0) is 5.92 Å². The van der Waals surface area contributed by atoms with Crippen LogP contribution in [0.2, 0.25) is 0 Å². The van der Waals surface area contributed by atoms with Crippen LogP contribution in [-0.4, -0.2) is 35.6 Å². The topological polar surface area (TPSA) is 113 Å². The number of carbonyl (C=O) groups excluding carboxylic acids is 2. The average Bonchev–Trinajstić information content (AvgIpc) is 2.70. The lowest BCUT2D eigenvalue weighted by atomic mass is 10.1. The average molecular weight is 253 g/mol. The first-order valence-corrected chi connectivity index (χ1v) is 5.79. The summed E-state index contributed by atoms with van der Waals surface area (Å²) in [4.78, 5) is 22.7. The summed E-state index contributed by atoms with van der Waals surface area (Å²) in [7, 11) is 1.55. The number of nitrogens with two attached hydrogens (primary N) is 1. The normalized spacial score (nSPS) is 10.4. The van der Waals surface area contributed by atoms with Crippen LogP contribution in [0.1, 0.15) is 42.4 Å². The number of amides is 2. The molecule has 1 aromatic heterocycles. The van der Waals surface area contributed by atoms with Gasteiger partial charge in [-0.2, -0.15) is 5.10 Å². The van der Waals surface area contributed by atoms with E-state index in [0.717, 1.165) is 5.69 Å². The summed E-state index contributed by atoms with van der Waals surface area (Å²) in [6.07, 6.45) is 0.226. The molecule has 0 aliphatic carbocycles. The zero-order chi connectivity index (χ0) is 13.7. The van der Waals surface area contributed by atoms with Crippen LogP contribution in [0.15, 0.2) is 0 Å². The molecule has 7 nitrogen and oxygen atoms in total. The molecule has 1 aromatic rings. The van der Waals surface area contributed by atoms with Gasteiger partial charge in [0.15, 0.2) is 5.69 Å². The zero-order valence-electron chi connectivity index (χ0n) is 10.8. The van der Waals surface area contributed by atoms with Gasteiger partial charge in [-0.25, -0.2) is 0 Å². The third kappa shape index (κ3) is 3.22. The van der Waals surface area contributed by atoms with Crippen LogP contribution in [0, 0.1) is 0 Å². The molecule has 0 spiro atoms. The fourth-order valence-electron chi connectivity index (χ4n) is 1.48. The Morgan fingerprint density at radius 1 is 1.44 bits per heavy atom. The number of nitrogens with one attached hydrogen (secondary N) is 3.